The highest BCUT2D eigenvalue weighted by molar-refractivity contribution is 7.98. The van der Waals surface area contributed by atoms with Gasteiger partial charge in [0.1, 0.15) is 5.01 Å². The summed E-state index contributed by atoms with van der Waals surface area (Å²) in [5.74, 6) is 2.23. The van der Waals surface area contributed by atoms with Crippen molar-refractivity contribution in [1.29, 1.82) is 0 Å². The lowest BCUT2D eigenvalue weighted by molar-refractivity contribution is 0.590. The van der Waals surface area contributed by atoms with Crippen LogP contribution in [0.5, 0.6) is 0 Å². The van der Waals surface area contributed by atoms with Crippen molar-refractivity contribution >= 4 is 23.1 Å². The molecule has 0 aliphatic rings. The Morgan fingerprint density at radius 2 is 2.12 bits per heavy atom. The van der Waals surface area contributed by atoms with Crippen molar-refractivity contribution in [3.63, 3.8) is 0 Å². The van der Waals surface area contributed by atoms with Crippen LogP contribution >= 0.6 is 23.1 Å². The number of hydrogen-bond donors (Lipinski definition) is 1. The van der Waals surface area contributed by atoms with Crippen LogP contribution in [0.25, 0.3) is 0 Å². The van der Waals surface area contributed by atoms with Gasteiger partial charge in [-0.3, -0.25) is 0 Å². The molecule has 1 aromatic heterocycles. The lowest BCUT2D eigenvalue weighted by Gasteiger charge is -2.06. The zero-order valence-electron chi connectivity index (χ0n) is 10.7. The van der Waals surface area contributed by atoms with E-state index in [4.69, 9.17) is 4.98 Å². The molecule has 16 heavy (non-hydrogen) atoms. The molecule has 1 aromatic rings. The molecule has 0 aliphatic carbocycles. The van der Waals surface area contributed by atoms with Crippen molar-refractivity contribution in [2.45, 2.75) is 52.5 Å². The van der Waals surface area contributed by atoms with E-state index in [1.807, 2.05) is 23.1 Å². The lowest BCUT2D eigenvalue weighted by atomic mass is 10.3. The summed E-state index contributed by atoms with van der Waals surface area (Å²) in [7, 11) is 0. The maximum atomic E-state index is 4.70. The monoisotopic (exact) mass is 258 g/mol. The van der Waals surface area contributed by atoms with Gasteiger partial charge in [0, 0.05) is 23.2 Å². The molecule has 0 saturated heterocycles. The minimum absolute atomic E-state index is 0.542. The molecule has 1 heterocycles. The minimum atomic E-state index is 0.542. The second kappa shape index (κ2) is 7.30. The average Bonchev–Trinajstić information content (AvgIpc) is 2.66. The maximum absolute atomic E-state index is 4.70. The van der Waals surface area contributed by atoms with Gasteiger partial charge in [-0.15, -0.1) is 11.3 Å². The molecule has 4 heteroatoms. The number of aryl methyl sites for hydroxylation is 1. The third kappa shape index (κ3) is 4.44. The van der Waals surface area contributed by atoms with Crippen molar-refractivity contribution in [2.75, 3.05) is 5.75 Å². The van der Waals surface area contributed by atoms with E-state index in [2.05, 4.69) is 33.0 Å². The van der Waals surface area contributed by atoms with Crippen molar-refractivity contribution < 1.29 is 0 Å². The van der Waals surface area contributed by atoms with Gasteiger partial charge in [0.15, 0.2) is 0 Å². The van der Waals surface area contributed by atoms with Gasteiger partial charge in [0.2, 0.25) is 0 Å². The van der Waals surface area contributed by atoms with Gasteiger partial charge in [-0.1, -0.05) is 27.7 Å². The van der Waals surface area contributed by atoms with Crippen molar-refractivity contribution in [1.82, 2.24) is 10.3 Å². The fourth-order valence-electron chi connectivity index (χ4n) is 1.40. The number of thiazole rings is 1. The maximum Gasteiger partial charge on any atom is 0.103 e. The topological polar surface area (TPSA) is 24.9 Å². The molecule has 1 rings (SSSR count). The third-order valence-corrected chi connectivity index (χ3v) is 4.42. The highest BCUT2D eigenvalue weighted by atomic mass is 32.2. The molecule has 0 atom stereocenters. The molecule has 0 radical (unpaired) electrons. The van der Waals surface area contributed by atoms with Gasteiger partial charge in [-0.05, 0) is 12.2 Å². The fraction of sp³-hybridized carbons (Fsp3) is 0.750. The van der Waals surface area contributed by atoms with Crippen molar-refractivity contribution in [3.8, 4) is 0 Å². The van der Waals surface area contributed by atoms with Crippen LogP contribution in [-0.2, 0) is 18.7 Å². The molecule has 92 valence electrons. The van der Waals surface area contributed by atoms with Gasteiger partial charge in [-0.25, -0.2) is 4.98 Å². The molecular weight excluding hydrogens is 236 g/mol. The Bertz CT molecular complexity index is 308. The second-order valence-electron chi connectivity index (χ2n) is 4.00. The number of aromatic nitrogens is 1. The summed E-state index contributed by atoms with van der Waals surface area (Å²) >= 11 is 3.82. The third-order valence-electron chi connectivity index (χ3n) is 2.26. The first-order valence-electron chi connectivity index (χ1n) is 5.95. The largest absolute Gasteiger partial charge is 0.310 e. The molecule has 1 N–H and O–H groups in total. The highest BCUT2D eigenvalue weighted by Gasteiger charge is 2.09. The highest BCUT2D eigenvalue weighted by Crippen LogP contribution is 2.23. The first-order chi connectivity index (χ1) is 7.67. The smallest absolute Gasteiger partial charge is 0.103 e. The molecule has 0 aromatic carbocycles. The SMILES string of the molecule is CCSCc1nc(CC)c(CNC(C)C)s1. The molecule has 0 amide bonds. The normalized spacial score (nSPS) is 11.3. The second-order valence-corrected chi connectivity index (χ2v) is 6.45. The summed E-state index contributed by atoms with van der Waals surface area (Å²) in [5, 5.41) is 4.75. The van der Waals surface area contributed by atoms with Crippen molar-refractivity contribution in [3.05, 3.63) is 15.6 Å². The molecule has 0 aliphatic heterocycles. The summed E-state index contributed by atoms with van der Waals surface area (Å²) in [5.41, 5.74) is 1.28. The summed E-state index contributed by atoms with van der Waals surface area (Å²) in [4.78, 5) is 6.12. The molecule has 0 spiro atoms. The molecule has 0 fully saturated rings. The average molecular weight is 258 g/mol. The standard InChI is InChI=1S/C12H22N2S2/c1-5-10-11(7-13-9(3)4)16-12(14-10)8-15-6-2/h9,13H,5-8H2,1-4H3. The molecule has 0 unspecified atom stereocenters. The van der Waals surface area contributed by atoms with Crippen LogP contribution in [0, 0.1) is 0 Å². The van der Waals surface area contributed by atoms with E-state index >= 15 is 0 Å². The van der Waals surface area contributed by atoms with Gasteiger partial charge >= 0.3 is 0 Å². The number of nitrogens with zero attached hydrogens (tertiary/aromatic N) is 1. The van der Waals surface area contributed by atoms with Crippen LogP contribution in [0.3, 0.4) is 0 Å². The van der Waals surface area contributed by atoms with E-state index < -0.39 is 0 Å². The Hall–Kier alpha value is -0.0600. The molecule has 0 bridgehead atoms. The minimum Gasteiger partial charge on any atom is -0.310 e. The molecular formula is C12H22N2S2. The first-order valence-corrected chi connectivity index (χ1v) is 7.93. The molecule has 2 nitrogen and oxygen atoms in total. The predicted octanol–water partition coefficient (Wildman–Crippen LogP) is 3.46. The summed E-state index contributed by atoms with van der Waals surface area (Å²) < 4.78 is 0. The van der Waals surface area contributed by atoms with Gasteiger partial charge in [0.05, 0.1) is 5.69 Å². The van der Waals surface area contributed by atoms with Crippen LogP contribution in [0.4, 0.5) is 0 Å². The van der Waals surface area contributed by atoms with Crippen LogP contribution in [0.15, 0.2) is 0 Å². The number of rotatable bonds is 7. The number of nitrogens with one attached hydrogen (secondary N) is 1. The van der Waals surface area contributed by atoms with Crippen LogP contribution < -0.4 is 5.32 Å². The first kappa shape index (κ1) is 14.0. The summed E-state index contributed by atoms with van der Waals surface area (Å²) in [6.07, 6.45) is 1.04. The Morgan fingerprint density at radius 3 is 2.69 bits per heavy atom. The Kier molecular flexibility index (Phi) is 6.39. The quantitative estimate of drug-likeness (QED) is 0.811. The van der Waals surface area contributed by atoms with Crippen LogP contribution in [0.2, 0.25) is 0 Å². The zero-order chi connectivity index (χ0) is 12.0. The summed E-state index contributed by atoms with van der Waals surface area (Å²) in [6.45, 7) is 9.71. The number of thioether (sulfide) groups is 1. The predicted molar refractivity (Wildman–Crippen MR) is 75.3 cm³/mol. The Balaban J connectivity index is 2.62. The Labute approximate surface area is 107 Å². The molecule has 0 saturated carbocycles. The van der Waals surface area contributed by atoms with E-state index in [1.165, 1.54) is 21.3 Å². The van der Waals surface area contributed by atoms with E-state index in [0.29, 0.717) is 6.04 Å². The van der Waals surface area contributed by atoms with E-state index in [0.717, 1.165) is 18.7 Å². The fourth-order valence-corrected chi connectivity index (χ4v) is 3.23. The zero-order valence-corrected chi connectivity index (χ0v) is 12.3. The van der Waals surface area contributed by atoms with E-state index in [1.54, 1.807) is 0 Å². The van der Waals surface area contributed by atoms with Gasteiger partial charge in [-0.2, -0.15) is 11.8 Å². The lowest BCUT2D eigenvalue weighted by Crippen LogP contribution is -2.21. The van der Waals surface area contributed by atoms with Gasteiger partial charge < -0.3 is 5.32 Å². The van der Waals surface area contributed by atoms with Crippen molar-refractivity contribution in [2.24, 2.45) is 0 Å². The van der Waals surface area contributed by atoms with Crippen LogP contribution in [-0.4, -0.2) is 16.8 Å². The van der Waals surface area contributed by atoms with Crippen LogP contribution in [0.1, 0.15) is 43.3 Å². The number of hydrogen-bond acceptors (Lipinski definition) is 4. The van der Waals surface area contributed by atoms with E-state index in [9.17, 15) is 0 Å². The summed E-state index contributed by atoms with van der Waals surface area (Å²) in [6, 6.07) is 0.542. The van der Waals surface area contributed by atoms with Gasteiger partial charge in [0.25, 0.3) is 0 Å². The van der Waals surface area contributed by atoms with E-state index in [-0.39, 0.29) is 0 Å². The Morgan fingerprint density at radius 1 is 1.38 bits per heavy atom.